The molecule has 19 heavy (non-hydrogen) atoms. The normalized spacial score (nSPS) is 12.8. The molecule has 0 aliphatic rings. The van der Waals surface area contributed by atoms with Gasteiger partial charge in [-0.3, -0.25) is 0 Å². The number of fused-ring (bicyclic) bond motifs is 1. The second-order valence-corrected chi connectivity index (χ2v) is 4.67. The molecule has 3 aromatic rings. The second-order valence-electron chi connectivity index (χ2n) is 4.67. The highest BCUT2D eigenvalue weighted by Gasteiger charge is 2.12. The van der Waals surface area contributed by atoms with Crippen molar-refractivity contribution in [3.63, 3.8) is 0 Å². The Balaban J connectivity index is 2.09. The van der Waals surface area contributed by atoms with Crippen LogP contribution in [0.4, 0.5) is 0 Å². The molecule has 0 saturated carbocycles. The first kappa shape index (κ1) is 11.9. The Kier molecular flexibility index (Phi) is 2.80. The summed E-state index contributed by atoms with van der Waals surface area (Å²) in [6, 6.07) is 9.75. The number of aryl methyl sites for hydroxylation is 1. The number of benzene rings is 1. The van der Waals surface area contributed by atoms with Gasteiger partial charge in [0.05, 0.1) is 0 Å². The van der Waals surface area contributed by atoms with Gasteiger partial charge < -0.3 is 10.2 Å². The first-order valence-corrected chi connectivity index (χ1v) is 6.23. The molecule has 1 aromatic carbocycles. The van der Waals surface area contributed by atoms with Gasteiger partial charge >= 0.3 is 0 Å². The van der Waals surface area contributed by atoms with E-state index in [1.54, 1.807) is 6.20 Å². The van der Waals surface area contributed by atoms with E-state index < -0.39 is 0 Å². The highest BCUT2D eigenvalue weighted by molar-refractivity contribution is 5.81. The van der Waals surface area contributed by atoms with Crippen molar-refractivity contribution in [1.29, 1.82) is 0 Å². The van der Waals surface area contributed by atoms with E-state index in [4.69, 9.17) is 10.2 Å². The molecule has 2 aromatic heterocycles. The number of hydrogen-bond acceptors (Lipinski definition) is 4. The fourth-order valence-electron chi connectivity index (χ4n) is 2.13. The third-order valence-electron chi connectivity index (χ3n) is 3.15. The van der Waals surface area contributed by atoms with Crippen molar-refractivity contribution >= 4 is 11.0 Å². The minimum Gasteiger partial charge on any atom is -0.453 e. The molecule has 0 aliphatic carbocycles. The van der Waals surface area contributed by atoms with Gasteiger partial charge in [0.1, 0.15) is 5.58 Å². The Morgan fingerprint density at radius 1 is 1.26 bits per heavy atom. The smallest absolute Gasteiger partial charge is 0.195 e. The maximum absolute atomic E-state index is 5.86. The topological polar surface area (TPSA) is 64.9 Å². The maximum Gasteiger partial charge on any atom is 0.195 e. The number of nitrogens with zero attached hydrogens (tertiary/aromatic N) is 2. The highest BCUT2D eigenvalue weighted by Crippen LogP contribution is 2.26. The summed E-state index contributed by atoms with van der Waals surface area (Å²) in [6.45, 7) is 3.86. The molecular formula is C15H15N3O. The van der Waals surface area contributed by atoms with E-state index in [0.717, 1.165) is 22.2 Å². The molecule has 0 spiro atoms. The molecule has 0 saturated heterocycles. The van der Waals surface area contributed by atoms with Crippen LogP contribution < -0.4 is 5.73 Å². The zero-order valence-corrected chi connectivity index (χ0v) is 10.9. The van der Waals surface area contributed by atoms with Gasteiger partial charge in [-0.05, 0) is 26.0 Å². The third kappa shape index (κ3) is 2.11. The average Bonchev–Trinajstić information content (AvgIpc) is 2.81. The van der Waals surface area contributed by atoms with E-state index >= 15 is 0 Å². The Bertz CT molecular complexity index is 698. The van der Waals surface area contributed by atoms with Gasteiger partial charge in [0.2, 0.25) is 0 Å². The van der Waals surface area contributed by atoms with Crippen LogP contribution in [-0.2, 0) is 0 Å². The number of nitrogens with two attached hydrogens (primary N) is 1. The molecule has 1 atom stereocenters. The van der Waals surface area contributed by atoms with Crippen molar-refractivity contribution in [3.8, 4) is 11.6 Å². The number of rotatable bonds is 2. The van der Waals surface area contributed by atoms with Gasteiger partial charge in [-0.25, -0.2) is 9.97 Å². The Hall–Kier alpha value is -2.20. The number of para-hydroxylation sites is 1. The van der Waals surface area contributed by atoms with E-state index in [0.29, 0.717) is 11.6 Å². The maximum atomic E-state index is 5.86. The van der Waals surface area contributed by atoms with Crippen molar-refractivity contribution in [3.05, 3.63) is 47.8 Å². The summed E-state index contributed by atoms with van der Waals surface area (Å²) in [6.07, 6.45) is 1.77. The molecule has 2 heterocycles. The van der Waals surface area contributed by atoms with Crippen molar-refractivity contribution in [2.24, 2.45) is 5.73 Å². The first-order valence-electron chi connectivity index (χ1n) is 6.23. The Morgan fingerprint density at radius 3 is 2.74 bits per heavy atom. The molecule has 3 rings (SSSR count). The van der Waals surface area contributed by atoms with Gasteiger partial charge in [0.15, 0.2) is 11.6 Å². The fraction of sp³-hybridized carbons (Fsp3) is 0.200. The molecule has 0 aliphatic heterocycles. The molecule has 0 bridgehead atoms. The predicted molar refractivity (Wildman–Crippen MR) is 74.6 cm³/mol. The minimum atomic E-state index is -0.0651. The lowest BCUT2D eigenvalue weighted by Gasteiger charge is -2.08. The van der Waals surface area contributed by atoms with Crippen LogP contribution in [0.3, 0.4) is 0 Å². The van der Waals surface area contributed by atoms with Crippen LogP contribution in [0, 0.1) is 6.92 Å². The molecule has 2 N–H and O–H groups in total. The molecule has 1 unspecified atom stereocenters. The third-order valence-corrected chi connectivity index (χ3v) is 3.15. The molecule has 4 heteroatoms. The lowest BCUT2D eigenvalue weighted by atomic mass is 10.1. The molecule has 4 nitrogen and oxygen atoms in total. The summed E-state index contributed by atoms with van der Waals surface area (Å²) in [5.41, 5.74) is 8.55. The van der Waals surface area contributed by atoms with Crippen molar-refractivity contribution in [1.82, 2.24) is 9.97 Å². The zero-order chi connectivity index (χ0) is 13.4. The van der Waals surface area contributed by atoms with Crippen molar-refractivity contribution < 1.29 is 4.42 Å². The average molecular weight is 253 g/mol. The lowest BCUT2D eigenvalue weighted by molar-refractivity contribution is 0.624. The van der Waals surface area contributed by atoms with Gasteiger partial charge in [0.25, 0.3) is 0 Å². The highest BCUT2D eigenvalue weighted by atomic mass is 16.3. The van der Waals surface area contributed by atoms with Gasteiger partial charge in [-0.1, -0.05) is 18.2 Å². The van der Waals surface area contributed by atoms with Crippen molar-refractivity contribution in [2.75, 3.05) is 0 Å². The quantitative estimate of drug-likeness (QED) is 0.761. The zero-order valence-electron chi connectivity index (χ0n) is 10.9. The summed E-state index contributed by atoms with van der Waals surface area (Å²) < 4.78 is 5.75. The molecule has 0 amide bonds. The fourth-order valence-corrected chi connectivity index (χ4v) is 2.13. The summed E-state index contributed by atoms with van der Waals surface area (Å²) in [5.74, 6) is 1.28. The van der Waals surface area contributed by atoms with Gasteiger partial charge in [0, 0.05) is 28.9 Å². The largest absolute Gasteiger partial charge is 0.453 e. The Labute approximate surface area is 111 Å². The number of hydrogen-bond donors (Lipinski definition) is 1. The number of aromatic nitrogens is 2. The summed E-state index contributed by atoms with van der Waals surface area (Å²) in [4.78, 5) is 8.82. The summed E-state index contributed by atoms with van der Waals surface area (Å²) in [5, 5.41) is 1.05. The van der Waals surface area contributed by atoms with Crippen LogP contribution >= 0.6 is 0 Å². The van der Waals surface area contributed by atoms with E-state index in [1.807, 2.05) is 44.2 Å². The molecule has 0 fully saturated rings. The monoisotopic (exact) mass is 253 g/mol. The van der Waals surface area contributed by atoms with Crippen LogP contribution in [0.1, 0.15) is 24.2 Å². The van der Waals surface area contributed by atoms with E-state index in [2.05, 4.69) is 9.97 Å². The second kappa shape index (κ2) is 4.48. The van der Waals surface area contributed by atoms with E-state index in [9.17, 15) is 0 Å². The van der Waals surface area contributed by atoms with Crippen molar-refractivity contribution in [2.45, 2.75) is 19.9 Å². The predicted octanol–water partition coefficient (Wildman–Crippen LogP) is 3.22. The van der Waals surface area contributed by atoms with E-state index in [1.165, 1.54) is 0 Å². The first-order chi connectivity index (χ1) is 9.15. The lowest BCUT2D eigenvalue weighted by Crippen LogP contribution is -2.09. The Morgan fingerprint density at radius 2 is 2.05 bits per heavy atom. The molecule has 96 valence electrons. The van der Waals surface area contributed by atoms with E-state index in [-0.39, 0.29) is 6.04 Å². The van der Waals surface area contributed by atoms with Crippen LogP contribution in [0.2, 0.25) is 0 Å². The SMILES string of the molecule is Cc1nc(-c2cc3ccccc3o2)ncc1C(C)N. The molecule has 0 radical (unpaired) electrons. The van der Waals surface area contributed by atoms with Gasteiger partial charge in [-0.2, -0.15) is 0 Å². The molecular weight excluding hydrogens is 238 g/mol. The summed E-state index contributed by atoms with van der Waals surface area (Å²) >= 11 is 0. The van der Waals surface area contributed by atoms with Crippen LogP contribution in [0.25, 0.3) is 22.6 Å². The minimum absolute atomic E-state index is 0.0651. The van der Waals surface area contributed by atoms with Crippen LogP contribution in [0.15, 0.2) is 40.9 Å². The standard InChI is InChI=1S/C15H15N3O/c1-9(16)12-8-17-15(18-10(12)2)14-7-11-5-3-4-6-13(11)19-14/h3-9H,16H2,1-2H3. The number of furan rings is 1. The van der Waals surface area contributed by atoms with Gasteiger partial charge in [-0.15, -0.1) is 0 Å². The van der Waals surface area contributed by atoms with Crippen LogP contribution in [0.5, 0.6) is 0 Å². The van der Waals surface area contributed by atoms with Crippen LogP contribution in [-0.4, -0.2) is 9.97 Å². The summed E-state index contributed by atoms with van der Waals surface area (Å²) in [7, 11) is 0.